The number of carbonyl (C=O) groups excluding carboxylic acids is 1. The van der Waals surface area contributed by atoms with Crippen LogP contribution in [0.5, 0.6) is 0 Å². The van der Waals surface area contributed by atoms with Gasteiger partial charge in [-0.1, -0.05) is 20.8 Å². The standard InChI is InChI=1S/C11H19F2NO/c1-10(2,3)9(15)14-7-8-5-4-6-11(8,12)13/h8H,4-7H2,1-3H3,(H,14,15). The molecule has 1 atom stereocenters. The Morgan fingerprint density at radius 1 is 1.47 bits per heavy atom. The lowest BCUT2D eigenvalue weighted by atomic mass is 9.95. The number of hydrogen-bond acceptors (Lipinski definition) is 1. The van der Waals surface area contributed by atoms with Crippen molar-refractivity contribution in [3.8, 4) is 0 Å². The molecule has 0 spiro atoms. The van der Waals surface area contributed by atoms with Crippen LogP contribution in [0.3, 0.4) is 0 Å². The average molecular weight is 219 g/mol. The molecule has 1 amide bonds. The second-order valence-corrected chi connectivity index (χ2v) is 5.31. The van der Waals surface area contributed by atoms with Crippen LogP contribution >= 0.6 is 0 Å². The van der Waals surface area contributed by atoms with Gasteiger partial charge in [0.25, 0.3) is 5.92 Å². The van der Waals surface area contributed by atoms with E-state index in [-0.39, 0.29) is 18.9 Å². The van der Waals surface area contributed by atoms with Gasteiger partial charge in [0.15, 0.2) is 0 Å². The van der Waals surface area contributed by atoms with Crippen LogP contribution in [0, 0.1) is 11.3 Å². The summed E-state index contributed by atoms with van der Waals surface area (Å²) in [5, 5.41) is 2.60. The first-order chi connectivity index (χ1) is 6.73. The van der Waals surface area contributed by atoms with E-state index >= 15 is 0 Å². The molecular weight excluding hydrogens is 200 g/mol. The van der Waals surface area contributed by atoms with Crippen LogP contribution in [0.15, 0.2) is 0 Å². The maximum Gasteiger partial charge on any atom is 0.252 e. The predicted molar refractivity (Wildman–Crippen MR) is 54.8 cm³/mol. The van der Waals surface area contributed by atoms with Crippen molar-refractivity contribution in [3.63, 3.8) is 0 Å². The summed E-state index contributed by atoms with van der Waals surface area (Å²) in [6.07, 6.45) is 1.03. The fourth-order valence-corrected chi connectivity index (χ4v) is 1.73. The van der Waals surface area contributed by atoms with Gasteiger partial charge in [-0.15, -0.1) is 0 Å². The van der Waals surface area contributed by atoms with Crippen molar-refractivity contribution >= 4 is 5.91 Å². The number of hydrogen-bond donors (Lipinski definition) is 1. The highest BCUT2D eigenvalue weighted by Gasteiger charge is 2.43. The molecule has 1 fully saturated rings. The van der Waals surface area contributed by atoms with Gasteiger partial charge in [-0.2, -0.15) is 0 Å². The molecule has 88 valence electrons. The average Bonchev–Trinajstić information content (AvgIpc) is 2.39. The number of alkyl halides is 2. The first-order valence-corrected chi connectivity index (χ1v) is 5.39. The molecule has 0 radical (unpaired) electrons. The zero-order valence-electron chi connectivity index (χ0n) is 9.57. The first kappa shape index (κ1) is 12.4. The van der Waals surface area contributed by atoms with E-state index in [1.165, 1.54) is 0 Å². The van der Waals surface area contributed by atoms with Gasteiger partial charge < -0.3 is 5.32 Å². The van der Waals surface area contributed by atoms with Crippen LogP contribution in [0.4, 0.5) is 8.78 Å². The summed E-state index contributed by atoms with van der Waals surface area (Å²) in [6, 6.07) is 0. The lowest BCUT2D eigenvalue weighted by Gasteiger charge is -2.22. The smallest absolute Gasteiger partial charge is 0.252 e. The molecule has 0 heterocycles. The highest BCUT2D eigenvalue weighted by molar-refractivity contribution is 5.81. The maximum absolute atomic E-state index is 13.2. The summed E-state index contributed by atoms with van der Waals surface area (Å²) < 4.78 is 26.4. The second-order valence-electron chi connectivity index (χ2n) is 5.31. The summed E-state index contributed by atoms with van der Waals surface area (Å²) in [7, 11) is 0. The Morgan fingerprint density at radius 3 is 2.47 bits per heavy atom. The summed E-state index contributed by atoms with van der Waals surface area (Å²) >= 11 is 0. The van der Waals surface area contributed by atoms with Gasteiger partial charge in [0.2, 0.25) is 5.91 Å². The Kier molecular flexibility index (Phi) is 3.36. The first-order valence-electron chi connectivity index (χ1n) is 5.39. The molecule has 2 nitrogen and oxygen atoms in total. The minimum Gasteiger partial charge on any atom is -0.355 e. The molecule has 0 bridgehead atoms. The van der Waals surface area contributed by atoms with Gasteiger partial charge >= 0.3 is 0 Å². The fraction of sp³-hybridized carbons (Fsp3) is 0.909. The number of nitrogens with one attached hydrogen (secondary N) is 1. The van der Waals surface area contributed by atoms with E-state index < -0.39 is 17.3 Å². The van der Waals surface area contributed by atoms with Crippen LogP contribution in [0.1, 0.15) is 40.0 Å². The summed E-state index contributed by atoms with van der Waals surface area (Å²) in [4.78, 5) is 11.5. The second kappa shape index (κ2) is 4.06. The normalized spacial score (nSPS) is 25.3. The van der Waals surface area contributed by atoms with Crippen molar-refractivity contribution in [2.24, 2.45) is 11.3 Å². The minimum absolute atomic E-state index is 0.0386. The van der Waals surface area contributed by atoms with Gasteiger partial charge in [-0.25, -0.2) is 8.78 Å². The van der Waals surface area contributed by atoms with Crippen LogP contribution in [-0.2, 0) is 4.79 Å². The molecule has 0 aromatic heterocycles. The van der Waals surface area contributed by atoms with E-state index in [0.29, 0.717) is 12.8 Å². The molecule has 0 aliphatic heterocycles. The third-order valence-corrected chi connectivity index (χ3v) is 2.85. The van der Waals surface area contributed by atoms with Crippen LogP contribution in [0.25, 0.3) is 0 Å². The van der Waals surface area contributed by atoms with E-state index in [0.717, 1.165) is 0 Å². The van der Waals surface area contributed by atoms with Crippen LogP contribution in [-0.4, -0.2) is 18.4 Å². The minimum atomic E-state index is -2.59. The predicted octanol–water partition coefficient (Wildman–Crippen LogP) is 2.58. The van der Waals surface area contributed by atoms with E-state index in [1.807, 2.05) is 0 Å². The molecular formula is C11H19F2NO. The van der Waals surface area contributed by atoms with Gasteiger partial charge in [0, 0.05) is 24.3 Å². The molecule has 1 N–H and O–H groups in total. The van der Waals surface area contributed by atoms with E-state index in [9.17, 15) is 13.6 Å². The lowest BCUT2D eigenvalue weighted by molar-refractivity contribution is -0.129. The third kappa shape index (κ3) is 3.14. The summed E-state index contributed by atoms with van der Waals surface area (Å²) in [5.41, 5.74) is -0.506. The van der Waals surface area contributed by atoms with Crippen LogP contribution < -0.4 is 5.32 Å². The third-order valence-electron chi connectivity index (χ3n) is 2.85. The van der Waals surface area contributed by atoms with E-state index in [4.69, 9.17) is 0 Å². The highest BCUT2D eigenvalue weighted by atomic mass is 19.3. The van der Waals surface area contributed by atoms with Crippen molar-refractivity contribution < 1.29 is 13.6 Å². The monoisotopic (exact) mass is 219 g/mol. The number of carbonyl (C=O) groups is 1. The maximum atomic E-state index is 13.2. The van der Waals surface area contributed by atoms with Gasteiger partial charge in [-0.3, -0.25) is 4.79 Å². The lowest BCUT2D eigenvalue weighted by Crippen LogP contribution is -2.40. The SMILES string of the molecule is CC(C)(C)C(=O)NCC1CCCC1(F)F. The Morgan fingerprint density at radius 2 is 2.07 bits per heavy atom. The summed E-state index contributed by atoms with van der Waals surface area (Å²) in [6.45, 7) is 5.42. The van der Waals surface area contributed by atoms with Crippen molar-refractivity contribution in [3.05, 3.63) is 0 Å². The van der Waals surface area contributed by atoms with Crippen molar-refractivity contribution in [1.29, 1.82) is 0 Å². The zero-order chi connectivity index (χ0) is 11.7. The number of halogens is 2. The Labute approximate surface area is 89.4 Å². The zero-order valence-corrected chi connectivity index (χ0v) is 9.57. The van der Waals surface area contributed by atoms with Gasteiger partial charge in [0.05, 0.1) is 0 Å². The summed E-state index contributed by atoms with van der Waals surface area (Å²) in [5.74, 6) is -3.43. The van der Waals surface area contributed by atoms with Crippen molar-refractivity contribution in [2.45, 2.75) is 46.0 Å². The topological polar surface area (TPSA) is 29.1 Å². The molecule has 0 aromatic rings. The molecule has 0 saturated heterocycles. The van der Waals surface area contributed by atoms with Gasteiger partial charge in [-0.05, 0) is 12.8 Å². The highest BCUT2D eigenvalue weighted by Crippen LogP contribution is 2.39. The Hall–Kier alpha value is -0.670. The molecule has 4 heteroatoms. The van der Waals surface area contributed by atoms with E-state index in [1.54, 1.807) is 20.8 Å². The van der Waals surface area contributed by atoms with Gasteiger partial charge in [0.1, 0.15) is 0 Å². The van der Waals surface area contributed by atoms with Crippen molar-refractivity contribution in [2.75, 3.05) is 6.54 Å². The number of amides is 1. The van der Waals surface area contributed by atoms with Crippen LogP contribution in [0.2, 0.25) is 0 Å². The molecule has 1 saturated carbocycles. The fourth-order valence-electron chi connectivity index (χ4n) is 1.73. The Balaban J connectivity index is 2.41. The molecule has 1 unspecified atom stereocenters. The number of rotatable bonds is 2. The van der Waals surface area contributed by atoms with E-state index in [2.05, 4.69) is 5.32 Å². The molecule has 15 heavy (non-hydrogen) atoms. The Bertz CT molecular complexity index is 245. The largest absolute Gasteiger partial charge is 0.355 e. The molecule has 1 rings (SSSR count). The van der Waals surface area contributed by atoms with Crippen molar-refractivity contribution in [1.82, 2.24) is 5.32 Å². The molecule has 0 aromatic carbocycles. The molecule has 1 aliphatic carbocycles. The molecule has 1 aliphatic rings. The quantitative estimate of drug-likeness (QED) is 0.760.